The Kier molecular flexibility index (Phi) is 4.57. The lowest BCUT2D eigenvalue weighted by atomic mass is 9.79. The summed E-state index contributed by atoms with van der Waals surface area (Å²) >= 11 is 0. The summed E-state index contributed by atoms with van der Waals surface area (Å²) in [6.45, 7) is 4.44. The third kappa shape index (κ3) is 3.46. The number of nitrogens with zero attached hydrogens (tertiary/aromatic N) is 1. The summed E-state index contributed by atoms with van der Waals surface area (Å²) in [7, 11) is 0. The second kappa shape index (κ2) is 6.20. The average molecular weight is 280 g/mol. The molecular formula is C15H21FN2O2. The van der Waals surface area contributed by atoms with Crippen molar-refractivity contribution in [2.75, 3.05) is 5.32 Å². The predicted octanol–water partition coefficient (Wildman–Crippen LogP) is 4.36. The number of hydrogen-bond donors (Lipinski definition) is 1. The number of nitro groups is 1. The number of benzene rings is 1. The Morgan fingerprint density at radius 2 is 2.15 bits per heavy atom. The van der Waals surface area contributed by atoms with Gasteiger partial charge in [-0.3, -0.25) is 10.1 Å². The zero-order valence-corrected chi connectivity index (χ0v) is 11.9. The minimum atomic E-state index is -0.581. The molecule has 1 aliphatic rings. The standard InChI is InChI=1S/C15H21FN2O2/c1-10(2)11-4-3-5-12(8-11)17-15-7-6-13(18(19)20)9-14(15)16/h6-7,9-12,17H,3-5,8H2,1-2H3. The number of hydrogen-bond acceptors (Lipinski definition) is 3. The molecule has 1 aromatic carbocycles. The van der Waals surface area contributed by atoms with Gasteiger partial charge in [0.1, 0.15) is 0 Å². The molecule has 2 atom stereocenters. The third-order valence-electron chi connectivity index (χ3n) is 4.18. The highest BCUT2D eigenvalue weighted by Gasteiger charge is 2.24. The van der Waals surface area contributed by atoms with E-state index in [4.69, 9.17) is 0 Å². The van der Waals surface area contributed by atoms with Crippen LogP contribution in [0.2, 0.25) is 0 Å². The Labute approximate surface area is 118 Å². The highest BCUT2D eigenvalue weighted by Crippen LogP contribution is 2.32. The van der Waals surface area contributed by atoms with Crippen molar-refractivity contribution in [1.82, 2.24) is 0 Å². The lowest BCUT2D eigenvalue weighted by Gasteiger charge is -2.32. The van der Waals surface area contributed by atoms with E-state index >= 15 is 0 Å². The van der Waals surface area contributed by atoms with Crippen LogP contribution < -0.4 is 5.32 Å². The molecule has 5 heteroatoms. The van der Waals surface area contributed by atoms with E-state index in [0.29, 0.717) is 17.5 Å². The summed E-state index contributed by atoms with van der Waals surface area (Å²) in [4.78, 5) is 10.0. The normalized spacial score (nSPS) is 22.8. The van der Waals surface area contributed by atoms with Crippen LogP contribution in [-0.4, -0.2) is 11.0 Å². The van der Waals surface area contributed by atoms with Crippen molar-refractivity contribution in [3.05, 3.63) is 34.1 Å². The first-order valence-electron chi connectivity index (χ1n) is 7.18. The van der Waals surface area contributed by atoms with E-state index in [9.17, 15) is 14.5 Å². The van der Waals surface area contributed by atoms with Gasteiger partial charge in [0.25, 0.3) is 5.69 Å². The summed E-state index contributed by atoms with van der Waals surface area (Å²) in [5.41, 5.74) is 0.154. The summed E-state index contributed by atoms with van der Waals surface area (Å²) in [5, 5.41) is 13.8. The molecule has 0 aromatic heterocycles. The quantitative estimate of drug-likeness (QED) is 0.658. The van der Waals surface area contributed by atoms with Gasteiger partial charge in [-0.25, -0.2) is 4.39 Å². The fraction of sp³-hybridized carbons (Fsp3) is 0.600. The zero-order valence-electron chi connectivity index (χ0n) is 11.9. The molecule has 0 spiro atoms. The molecule has 0 saturated heterocycles. The number of non-ortho nitro benzene ring substituents is 1. The van der Waals surface area contributed by atoms with Gasteiger partial charge in [0.2, 0.25) is 0 Å². The van der Waals surface area contributed by atoms with Crippen LogP contribution in [-0.2, 0) is 0 Å². The topological polar surface area (TPSA) is 55.2 Å². The van der Waals surface area contributed by atoms with Gasteiger partial charge in [-0.1, -0.05) is 26.7 Å². The first-order chi connectivity index (χ1) is 9.47. The molecule has 0 radical (unpaired) electrons. The van der Waals surface area contributed by atoms with Crippen LogP contribution in [0.5, 0.6) is 0 Å². The van der Waals surface area contributed by atoms with E-state index in [2.05, 4.69) is 19.2 Å². The predicted molar refractivity (Wildman–Crippen MR) is 77.3 cm³/mol. The van der Waals surface area contributed by atoms with E-state index in [-0.39, 0.29) is 11.7 Å². The Balaban J connectivity index is 2.04. The van der Waals surface area contributed by atoms with Crippen molar-refractivity contribution in [2.24, 2.45) is 11.8 Å². The van der Waals surface area contributed by atoms with Gasteiger partial charge in [-0.05, 0) is 30.7 Å². The second-order valence-corrected chi connectivity index (χ2v) is 5.93. The molecule has 1 N–H and O–H groups in total. The van der Waals surface area contributed by atoms with Crippen molar-refractivity contribution in [2.45, 2.75) is 45.6 Å². The molecule has 0 amide bonds. The first-order valence-corrected chi connectivity index (χ1v) is 7.18. The Hall–Kier alpha value is -1.65. The molecule has 110 valence electrons. The first kappa shape index (κ1) is 14.8. The molecule has 0 aliphatic heterocycles. The summed E-state index contributed by atoms with van der Waals surface area (Å²) < 4.78 is 13.9. The average Bonchev–Trinajstić information content (AvgIpc) is 2.41. The van der Waals surface area contributed by atoms with Crippen molar-refractivity contribution in [3.63, 3.8) is 0 Å². The molecule has 20 heavy (non-hydrogen) atoms. The minimum Gasteiger partial charge on any atom is -0.380 e. The van der Waals surface area contributed by atoms with Crippen LogP contribution in [0.25, 0.3) is 0 Å². The van der Waals surface area contributed by atoms with Gasteiger partial charge in [0, 0.05) is 12.1 Å². The van der Waals surface area contributed by atoms with Crippen molar-refractivity contribution >= 4 is 11.4 Å². The molecule has 1 aromatic rings. The number of anilines is 1. The summed E-state index contributed by atoms with van der Waals surface area (Å²) in [6, 6.07) is 4.04. The van der Waals surface area contributed by atoms with E-state index in [0.717, 1.165) is 25.3 Å². The molecule has 0 heterocycles. The highest BCUT2D eigenvalue weighted by molar-refractivity contribution is 5.50. The summed E-state index contributed by atoms with van der Waals surface area (Å²) in [5.74, 6) is 0.759. The van der Waals surface area contributed by atoms with E-state index in [1.54, 1.807) is 0 Å². The molecule has 1 aliphatic carbocycles. The molecular weight excluding hydrogens is 259 g/mol. The smallest absolute Gasteiger partial charge is 0.272 e. The van der Waals surface area contributed by atoms with E-state index in [1.165, 1.54) is 18.6 Å². The maximum absolute atomic E-state index is 13.9. The Morgan fingerprint density at radius 3 is 2.75 bits per heavy atom. The Morgan fingerprint density at radius 1 is 1.40 bits per heavy atom. The van der Waals surface area contributed by atoms with Crippen molar-refractivity contribution < 1.29 is 9.31 Å². The fourth-order valence-corrected chi connectivity index (χ4v) is 2.92. The number of nitro benzene ring substituents is 1. The summed E-state index contributed by atoms with van der Waals surface area (Å²) in [6.07, 6.45) is 4.45. The zero-order chi connectivity index (χ0) is 14.7. The van der Waals surface area contributed by atoms with Crippen LogP contribution in [0, 0.1) is 27.8 Å². The van der Waals surface area contributed by atoms with Gasteiger partial charge in [-0.2, -0.15) is 0 Å². The second-order valence-electron chi connectivity index (χ2n) is 5.93. The lowest BCUT2D eigenvalue weighted by Crippen LogP contribution is -2.29. The fourth-order valence-electron chi connectivity index (χ4n) is 2.92. The van der Waals surface area contributed by atoms with Gasteiger partial charge < -0.3 is 5.32 Å². The van der Waals surface area contributed by atoms with Crippen LogP contribution in [0.1, 0.15) is 39.5 Å². The van der Waals surface area contributed by atoms with Crippen LogP contribution in [0.4, 0.5) is 15.8 Å². The SMILES string of the molecule is CC(C)C1CCCC(Nc2ccc([N+](=O)[O-])cc2F)C1. The van der Waals surface area contributed by atoms with Crippen LogP contribution in [0.3, 0.4) is 0 Å². The maximum Gasteiger partial charge on any atom is 0.272 e. The molecule has 4 nitrogen and oxygen atoms in total. The highest BCUT2D eigenvalue weighted by atomic mass is 19.1. The Bertz CT molecular complexity index is 491. The number of halogens is 1. The molecule has 2 rings (SSSR count). The molecule has 2 unspecified atom stereocenters. The largest absolute Gasteiger partial charge is 0.380 e. The third-order valence-corrected chi connectivity index (χ3v) is 4.18. The monoisotopic (exact) mass is 280 g/mol. The van der Waals surface area contributed by atoms with Crippen LogP contribution >= 0.6 is 0 Å². The molecule has 1 saturated carbocycles. The molecule has 0 bridgehead atoms. The lowest BCUT2D eigenvalue weighted by molar-refractivity contribution is -0.385. The molecule has 1 fully saturated rings. The minimum absolute atomic E-state index is 0.211. The number of nitrogens with one attached hydrogen (secondary N) is 1. The van der Waals surface area contributed by atoms with Gasteiger partial charge >= 0.3 is 0 Å². The van der Waals surface area contributed by atoms with Crippen molar-refractivity contribution in [3.8, 4) is 0 Å². The van der Waals surface area contributed by atoms with Gasteiger partial charge in [-0.15, -0.1) is 0 Å². The van der Waals surface area contributed by atoms with E-state index < -0.39 is 10.7 Å². The van der Waals surface area contributed by atoms with Gasteiger partial charge in [0.15, 0.2) is 5.82 Å². The van der Waals surface area contributed by atoms with Gasteiger partial charge in [0.05, 0.1) is 16.7 Å². The van der Waals surface area contributed by atoms with E-state index in [1.807, 2.05) is 0 Å². The maximum atomic E-state index is 13.9. The van der Waals surface area contributed by atoms with Crippen molar-refractivity contribution in [1.29, 1.82) is 0 Å². The van der Waals surface area contributed by atoms with Crippen LogP contribution in [0.15, 0.2) is 18.2 Å². The number of rotatable bonds is 4.